The molecule has 2 atom stereocenters. The summed E-state index contributed by atoms with van der Waals surface area (Å²) in [6.45, 7) is 4.73. The van der Waals surface area contributed by atoms with Crippen LogP contribution in [0.25, 0.3) is 22.0 Å². The Morgan fingerprint density at radius 3 is 2.55 bits per heavy atom. The minimum Gasteiger partial charge on any atom is -0.496 e. The molecule has 4 rings (SSSR count). The number of rotatable bonds is 4. The number of benzene rings is 2. The third-order valence-corrected chi connectivity index (χ3v) is 7.15. The van der Waals surface area contributed by atoms with Gasteiger partial charge in [-0.3, -0.25) is 0 Å². The zero-order valence-corrected chi connectivity index (χ0v) is 20.3. The number of halogens is 3. The van der Waals surface area contributed by atoms with Crippen molar-refractivity contribution in [1.82, 2.24) is 9.97 Å². The van der Waals surface area contributed by atoms with Crippen molar-refractivity contribution in [1.29, 1.82) is 0 Å². The van der Waals surface area contributed by atoms with Crippen LogP contribution in [0, 0.1) is 17.6 Å². The summed E-state index contributed by atoms with van der Waals surface area (Å²) in [5, 5.41) is -0.286. The second-order valence-electron chi connectivity index (χ2n) is 8.55. The normalized spacial score (nSPS) is 19.2. The average Bonchev–Trinajstić information content (AvgIpc) is 2.75. The molecule has 10 heteroatoms. The molecule has 0 bridgehead atoms. The maximum Gasteiger partial charge on any atom is 0.249 e. The zero-order chi connectivity index (χ0) is 24.1. The van der Waals surface area contributed by atoms with E-state index in [1.165, 1.54) is 31.4 Å². The Bertz CT molecular complexity index is 1350. The highest BCUT2D eigenvalue weighted by atomic mass is 35.5. The topological polar surface area (TPSA) is 72.4 Å². The number of piperidine rings is 1. The second kappa shape index (κ2) is 8.68. The van der Waals surface area contributed by atoms with Gasteiger partial charge in [-0.15, -0.1) is 0 Å². The third kappa shape index (κ3) is 4.24. The lowest BCUT2D eigenvalue weighted by Crippen LogP contribution is -2.42. The van der Waals surface area contributed by atoms with Crippen molar-refractivity contribution in [2.24, 2.45) is 5.92 Å². The van der Waals surface area contributed by atoms with Gasteiger partial charge < -0.3 is 9.64 Å². The van der Waals surface area contributed by atoms with Crippen LogP contribution in [-0.2, 0) is 9.84 Å². The van der Waals surface area contributed by atoms with Gasteiger partial charge in [-0.25, -0.2) is 27.2 Å². The van der Waals surface area contributed by atoms with E-state index in [2.05, 4.69) is 16.9 Å². The largest absolute Gasteiger partial charge is 0.496 e. The smallest absolute Gasteiger partial charge is 0.249 e. The van der Waals surface area contributed by atoms with Gasteiger partial charge in [-0.05, 0) is 43.9 Å². The summed E-state index contributed by atoms with van der Waals surface area (Å²) >= 11 is 6.50. The number of anilines is 1. The average molecular weight is 496 g/mol. The molecule has 0 aliphatic carbocycles. The Morgan fingerprint density at radius 2 is 1.88 bits per heavy atom. The highest BCUT2D eigenvalue weighted by Gasteiger charge is 2.30. The first-order valence-electron chi connectivity index (χ1n) is 10.5. The van der Waals surface area contributed by atoms with Crippen molar-refractivity contribution in [3.05, 3.63) is 40.9 Å². The monoisotopic (exact) mass is 495 g/mol. The third-order valence-electron chi connectivity index (χ3n) is 6.01. The first kappa shape index (κ1) is 23.6. The van der Waals surface area contributed by atoms with Crippen LogP contribution in [0.1, 0.15) is 26.7 Å². The Balaban J connectivity index is 2.08. The first-order chi connectivity index (χ1) is 15.5. The Hall–Kier alpha value is -2.52. The zero-order valence-electron chi connectivity index (χ0n) is 18.7. The number of sulfone groups is 1. The van der Waals surface area contributed by atoms with Crippen LogP contribution in [0.4, 0.5) is 14.6 Å². The molecular formula is C23H24ClF2N3O3S. The molecule has 0 radical (unpaired) electrons. The van der Waals surface area contributed by atoms with Crippen molar-refractivity contribution in [2.75, 3.05) is 24.8 Å². The van der Waals surface area contributed by atoms with E-state index in [9.17, 15) is 12.8 Å². The van der Waals surface area contributed by atoms with Crippen LogP contribution in [0.15, 0.2) is 29.4 Å². The SMILES string of the molecule is COc1cccc(F)c1-c1c(Cl)cc2c(N3C[C@@H](C)CC[C@@H]3C)nc(S(C)(=O)=O)nc2c1F. The fourth-order valence-electron chi connectivity index (χ4n) is 4.27. The molecule has 0 amide bonds. The van der Waals surface area contributed by atoms with Gasteiger partial charge >= 0.3 is 0 Å². The van der Waals surface area contributed by atoms with E-state index in [1.54, 1.807) is 0 Å². The maximum atomic E-state index is 16.0. The molecule has 1 saturated heterocycles. The lowest BCUT2D eigenvalue weighted by molar-refractivity contribution is 0.388. The molecule has 2 aromatic carbocycles. The van der Waals surface area contributed by atoms with Gasteiger partial charge in [0, 0.05) is 29.8 Å². The van der Waals surface area contributed by atoms with Gasteiger partial charge in [0.1, 0.15) is 22.9 Å². The number of aromatic nitrogens is 2. The van der Waals surface area contributed by atoms with Crippen LogP contribution < -0.4 is 9.64 Å². The van der Waals surface area contributed by atoms with E-state index in [4.69, 9.17) is 16.3 Å². The summed E-state index contributed by atoms with van der Waals surface area (Å²) in [5.74, 6) is -0.938. The number of fused-ring (bicyclic) bond motifs is 1. The quantitative estimate of drug-likeness (QED) is 0.459. The molecular weight excluding hydrogens is 472 g/mol. The molecule has 0 N–H and O–H groups in total. The lowest BCUT2D eigenvalue weighted by atomic mass is 9.94. The van der Waals surface area contributed by atoms with Crippen LogP contribution in [0.5, 0.6) is 5.75 Å². The van der Waals surface area contributed by atoms with E-state index in [-0.39, 0.29) is 38.8 Å². The molecule has 1 aliphatic rings. The van der Waals surface area contributed by atoms with Gasteiger partial charge in [0.15, 0.2) is 5.82 Å². The summed E-state index contributed by atoms with van der Waals surface area (Å²) in [6, 6.07) is 5.62. The van der Waals surface area contributed by atoms with Crippen LogP contribution in [0.2, 0.25) is 5.02 Å². The van der Waals surface area contributed by atoms with Crippen molar-refractivity contribution < 1.29 is 21.9 Å². The molecule has 0 unspecified atom stereocenters. The molecule has 1 fully saturated rings. The van der Waals surface area contributed by atoms with Crippen LogP contribution >= 0.6 is 11.6 Å². The summed E-state index contributed by atoms with van der Waals surface area (Å²) in [4.78, 5) is 10.3. The fraction of sp³-hybridized carbons (Fsp3) is 0.391. The first-order valence-corrected chi connectivity index (χ1v) is 12.8. The summed E-state index contributed by atoms with van der Waals surface area (Å²) < 4.78 is 60.7. The lowest BCUT2D eigenvalue weighted by Gasteiger charge is -2.38. The minimum absolute atomic E-state index is 0.0554. The molecule has 1 aliphatic heterocycles. The Morgan fingerprint density at radius 1 is 1.15 bits per heavy atom. The van der Waals surface area contributed by atoms with Gasteiger partial charge in [0.2, 0.25) is 15.0 Å². The van der Waals surface area contributed by atoms with Gasteiger partial charge in [-0.1, -0.05) is 24.6 Å². The van der Waals surface area contributed by atoms with Gasteiger partial charge in [0.05, 0.1) is 17.7 Å². The van der Waals surface area contributed by atoms with E-state index < -0.39 is 26.6 Å². The summed E-state index contributed by atoms with van der Waals surface area (Å²) in [7, 11) is -2.52. The number of hydrogen-bond acceptors (Lipinski definition) is 6. The second-order valence-corrected chi connectivity index (χ2v) is 10.9. The van der Waals surface area contributed by atoms with Crippen LogP contribution in [-0.4, -0.2) is 44.3 Å². The number of hydrogen-bond donors (Lipinski definition) is 0. The highest BCUT2D eigenvalue weighted by molar-refractivity contribution is 7.90. The van der Waals surface area contributed by atoms with Crippen molar-refractivity contribution in [3.8, 4) is 16.9 Å². The number of methoxy groups -OCH3 is 1. The van der Waals surface area contributed by atoms with Crippen molar-refractivity contribution >= 4 is 38.2 Å². The molecule has 3 aromatic rings. The predicted octanol–water partition coefficient (Wildman–Crippen LogP) is 5.27. The molecule has 0 saturated carbocycles. The molecule has 2 heterocycles. The molecule has 6 nitrogen and oxygen atoms in total. The molecule has 176 valence electrons. The van der Waals surface area contributed by atoms with E-state index >= 15 is 4.39 Å². The maximum absolute atomic E-state index is 16.0. The number of nitrogens with zero attached hydrogens (tertiary/aromatic N) is 3. The standard InChI is InChI=1S/C23H24ClF2N3O3S/c1-12-8-9-13(2)29(11-12)22-14-10-15(24)18(19-16(25)6-5-7-17(19)32-3)20(26)21(14)27-23(28-22)33(4,30)31/h5-7,10,12-13H,8-9,11H2,1-4H3/t12-,13-/m0/s1. The number of ether oxygens (including phenoxy) is 1. The van der Waals surface area contributed by atoms with Crippen molar-refractivity contribution in [3.63, 3.8) is 0 Å². The van der Waals surface area contributed by atoms with E-state index in [1.807, 2.05) is 11.8 Å². The molecule has 0 spiro atoms. The minimum atomic E-state index is -3.86. The van der Waals surface area contributed by atoms with Gasteiger partial charge in [0.25, 0.3) is 0 Å². The highest BCUT2D eigenvalue weighted by Crippen LogP contribution is 2.43. The predicted molar refractivity (Wildman–Crippen MR) is 125 cm³/mol. The van der Waals surface area contributed by atoms with E-state index in [0.717, 1.165) is 19.1 Å². The van der Waals surface area contributed by atoms with Crippen molar-refractivity contribution in [2.45, 2.75) is 37.9 Å². The van der Waals surface area contributed by atoms with E-state index in [0.29, 0.717) is 18.3 Å². The van der Waals surface area contributed by atoms with Crippen LogP contribution in [0.3, 0.4) is 0 Å². The Labute approximate surface area is 196 Å². The Kier molecular flexibility index (Phi) is 6.22. The molecule has 33 heavy (non-hydrogen) atoms. The summed E-state index contributed by atoms with van der Waals surface area (Å²) in [6.07, 6.45) is 2.86. The van der Waals surface area contributed by atoms with Gasteiger partial charge in [-0.2, -0.15) is 0 Å². The summed E-state index contributed by atoms with van der Waals surface area (Å²) in [5.41, 5.74) is -0.649. The fourth-order valence-corrected chi connectivity index (χ4v) is 5.07. The molecule has 1 aromatic heterocycles.